The van der Waals surface area contributed by atoms with E-state index in [1.54, 1.807) is 13.1 Å². The third kappa shape index (κ3) is 5.56. The van der Waals surface area contributed by atoms with Crippen LogP contribution in [-0.2, 0) is 22.2 Å². The first-order chi connectivity index (χ1) is 11.6. The lowest BCUT2D eigenvalue weighted by Crippen LogP contribution is -2.40. The van der Waals surface area contributed by atoms with Crippen LogP contribution in [0, 0.1) is 0 Å². The van der Waals surface area contributed by atoms with Gasteiger partial charge in [0.25, 0.3) is 0 Å². The van der Waals surface area contributed by atoms with Gasteiger partial charge in [-0.25, -0.2) is 4.98 Å². The highest BCUT2D eigenvalue weighted by Crippen LogP contribution is 2.29. The minimum absolute atomic E-state index is 0.315. The number of carbonyl (C=O) groups is 2. The molecule has 134 valence electrons. The Balaban J connectivity index is 1.97. The van der Waals surface area contributed by atoms with Crippen molar-refractivity contribution in [2.45, 2.75) is 32.5 Å². The lowest BCUT2D eigenvalue weighted by Gasteiger charge is -2.10. The highest BCUT2D eigenvalue weighted by atomic mass is 32.1. The molecule has 25 heavy (non-hydrogen) atoms. The van der Waals surface area contributed by atoms with Crippen LogP contribution in [0.25, 0.3) is 0 Å². The fourth-order valence-corrected chi connectivity index (χ4v) is 2.89. The second-order valence-corrected chi connectivity index (χ2v) is 6.53. The van der Waals surface area contributed by atoms with E-state index in [2.05, 4.69) is 15.6 Å². The molecule has 0 unspecified atom stereocenters. The smallest absolute Gasteiger partial charge is 0.345 e. The van der Waals surface area contributed by atoms with Crippen molar-refractivity contribution in [1.29, 1.82) is 0 Å². The van der Waals surface area contributed by atoms with Crippen LogP contribution in [-0.4, -0.2) is 22.8 Å². The fraction of sp³-hybridized carbons (Fsp3) is 0.312. The summed E-state index contributed by atoms with van der Waals surface area (Å²) in [6, 6.07) is 4.21. The maximum absolute atomic E-state index is 12.5. The summed E-state index contributed by atoms with van der Waals surface area (Å²) in [7, 11) is 0. The van der Waals surface area contributed by atoms with Gasteiger partial charge in [0, 0.05) is 24.4 Å². The molecule has 0 aliphatic heterocycles. The number of nitrogens with zero attached hydrogens (tertiary/aromatic N) is 1. The zero-order valence-corrected chi connectivity index (χ0v) is 14.3. The zero-order valence-electron chi connectivity index (χ0n) is 13.5. The molecular formula is C16H16F3N3O2S. The number of thiazole rings is 1. The predicted molar refractivity (Wildman–Crippen MR) is 88.3 cm³/mol. The van der Waals surface area contributed by atoms with E-state index in [1.807, 2.05) is 0 Å². The molecule has 1 atom stereocenters. The van der Waals surface area contributed by atoms with Crippen LogP contribution in [0.3, 0.4) is 0 Å². The molecule has 0 spiro atoms. The van der Waals surface area contributed by atoms with Gasteiger partial charge < -0.3 is 10.6 Å². The quantitative estimate of drug-likeness (QED) is 0.848. The monoisotopic (exact) mass is 371 g/mol. The second-order valence-electron chi connectivity index (χ2n) is 5.41. The number of hydrogen-bond donors (Lipinski definition) is 2. The normalized spacial score (nSPS) is 12.5. The van der Waals surface area contributed by atoms with Crippen LogP contribution < -0.4 is 10.6 Å². The average molecular weight is 371 g/mol. The minimum Gasteiger partial charge on any atom is -0.345 e. The highest BCUT2D eigenvalue weighted by Gasteiger charge is 2.29. The third-order valence-electron chi connectivity index (χ3n) is 3.26. The molecule has 1 aromatic carbocycles. The van der Waals surface area contributed by atoms with Crippen LogP contribution in [0.4, 0.5) is 18.3 Å². The van der Waals surface area contributed by atoms with Crippen molar-refractivity contribution in [3.63, 3.8) is 0 Å². The summed E-state index contributed by atoms with van der Waals surface area (Å²) < 4.78 is 37.6. The van der Waals surface area contributed by atoms with Gasteiger partial charge in [-0.15, -0.1) is 11.3 Å². The molecule has 2 N–H and O–H groups in total. The molecule has 0 fully saturated rings. The van der Waals surface area contributed by atoms with Gasteiger partial charge in [-0.05, 0) is 24.6 Å². The number of rotatable bonds is 5. The molecule has 1 heterocycles. The maximum atomic E-state index is 12.5. The van der Waals surface area contributed by atoms with E-state index in [9.17, 15) is 22.8 Å². The van der Waals surface area contributed by atoms with Crippen LogP contribution in [0.5, 0.6) is 0 Å². The Labute approximate surface area is 146 Å². The number of aromatic nitrogens is 1. The van der Waals surface area contributed by atoms with E-state index < -0.39 is 23.7 Å². The average Bonchev–Trinajstić information content (AvgIpc) is 2.93. The molecule has 0 bridgehead atoms. The van der Waals surface area contributed by atoms with E-state index in [4.69, 9.17) is 0 Å². The van der Waals surface area contributed by atoms with E-state index >= 15 is 0 Å². The van der Waals surface area contributed by atoms with Gasteiger partial charge in [0.05, 0.1) is 5.56 Å². The third-order valence-corrected chi connectivity index (χ3v) is 4.17. The standard InChI is InChI=1S/C16H16F3N3O2S/c1-9(21-10(2)23)14(24)22-15-20-8-13(25-15)7-11-3-5-12(6-4-11)16(17,18)19/h3-6,8-9H,7H2,1-2H3,(H,21,23)(H,20,22,24)/t9-/m1/s1. The maximum Gasteiger partial charge on any atom is 0.416 e. The van der Waals surface area contributed by atoms with Gasteiger partial charge in [-0.1, -0.05) is 12.1 Å². The topological polar surface area (TPSA) is 71.1 Å². The summed E-state index contributed by atoms with van der Waals surface area (Å²) in [6.07, 6.45) is -2.39. The van der Waals surface area contributed by atoms with E-state index in [1.165, 1.54) is 30.4 Å². The molecule has 0 saturated carbocycles. The van der Waals surface area contributed by atoms with Crippen molar-refractivity contribution in [3.05, 3.63) is 46.5 Å². The van der Waals surface area contributed by atoms with Gasteiger partial charge in [-0.3, -0.25) is 9.59 Å². The van der Waals surface area contributed by atoms with Gasteiger partial charge in [0.2, 0.25) is 11.8 Å². The second kappa shape index (κ2) is 7.64. The van der Waals surface area contributed by atoms with Crippen molar-refractivity contribution in [3.8, 4) is 0 Å². The number of nitrogens with one attached hydrogen (secondary N) is 2. The molecular weight excluding hydrogens is 355 g/mol. The number of anilines is 1. The Kier molecular flexibility index (Phi) is 5.78. The van der Waals surface area contributed by atoms with E-state index in [0.717, 1.165) is 17.0 Å². The SMILES string of the molecule is CC(=O)N[C@H](C)C(=O)Nc1ncc(Cc2ccc(C(F)(F)F)cc2)s1. The Morgan fingerprint density at radius 1 is 1.24 bits per heavy atom. The van der Waals surface area contributed by atoms with Crippen molar-refractivity contribution in [1.82, 2.24) is 10.3 Å². The Morgan fingerprint density at radius 3 is 2.44 bits per heavy atom. The fourth-order valence-electron chi connectivity index (χ4n) is 2.04. The highest BCUT2D eigenvalue weighted by molar-refractivity contribution is 7.15. The van der Waals surface area contributed by atoms with Gasteiger partial charge in [0.15, 0.2) is 5.13 Å². The van der Waals surface area contributed by atoms with Gasteiger partial charge >= 0.3 is 6.18 Å². The zero-order chi connectivity index (χ0) is 18.6. The largest absolute Gasteiger partial charge is 0.416 e. The summed E-state index contributed by atoms with van der Waals surface area (Å²) >= 11 is 1.22. The summed E-state index contributed by atoms with van der Waals surface area (Å²) in [5.41, 5.74) is 0.0154. The molecule has 0 aliphatic rings. The van der Waals surface area contributed by atoms with Crippen LogP contribution in [0.1, 0.15) is 29.9 Å². The molecule has 5 nitrogen and oxygen atoms in total. The van der Waals surface area contributed by atoms with E-state index in [0.29, 0.717) is 17.1 Å². The number of alkyl halides is 3. The van der Waals surface area contributed by atoms with Crippen LogP contribution in [0.2, 0.25) is 0 Å². The molecule has 0 aliphatic carbocycles. The Hall–Kier alpha value is -2.42. The number of benzene rings is 1. The molecule has 2 rings (SSSR count). The Bertz CT molecular complexity index is 757. The number of halogens is 3. The number of amides is 2. The number of hydrogen-bond acceptors (Lipinski definition) is 4. The molecule has 2 amide bonds. The number of carbonyl (C=O) groups excluding carboxylic acids is 2. The van der Waals surface area contributed by atoms with Crippen LogP contribution >= 0.6 is 11.3 Å². The van der Waals surface area contributed by atoms with Crippen molar-refractivity contribution in [2.75, 3.05) is 5.32 Å². The first-order valence-corrected chi connectivity index (χ1v) is 8.15. The summed E-state index contributed by atoms with van der Waals surface area (Å²) in [4.78, 5) is 27.7. The lowest BCUT2D eigenvalue weighted by molar-refractivity contribution is -0.137. The predicted octanol–water partition coefficient (Wildman–Crippen LogP) is 3.22. The lowest BCUT2D eigenvalue weighted by atomic mass is 10.1. The molecule has 0 saturated heterocycles. The minimum atomic E-state index is -4.36. The molecule has 2 aromatic rings. The van der Waals surface area contributed by atoms with Crippen molar-refractivity contribution in [2.24, 2.45) is 0 Å². The first kappa shape index (κ1) is 18.9. The van der Waals surface area contributed by atoms with Gasteiger partial charge in [0.1, 0.15) is 6.04 Å². The summed E-state index contributed by atoms with van der Waals surface area (Å²) in [5, 5.41) is 5.41. The summed E-state index contributed by atoms with van der Waals surface area (Å²) in [5.74, 6) is -0.713. The molecule has 9 heteroatoms. The first-order valence-electron chi connectivity index (χ1n) is 7.34. The van der Waals surface area contributed by atoms with Crippen molar-refractivity contribution < 1.29 is 22.8 Å². The Morgan fingerprint density at radius 2 is 1.88 bits per heavy atom. The summed E-state index contributed by atoms with van der Waals surface area (Å²) in [6.45, 7) is 2.86. The van der Waals surface area contributed by atoms with Gasteiger partial charge in [-0.2, -0.15) is 13.2 Å². The van der Waals surface area contributed by atoms with E-state index in [-0.39, 0.29) is 5.91 Å². The molecule has 1 aromatic heterocycles. The van der Waals surface area contributed by atoms with Crippen molar-refractivity contribution >= 4 is 28.3 Å². The molecule has 0 radical (unpaired) electrons. The van der Waals surface area contributed by atoms with Crippen LogP contribution in [0.15, 0.2) is 30.5 Å².